The number of nitrogens with one attached hydrogen (secondary N) is 1. The SMILES string of the molecule is CCOc1ccc(OCC(=O)Oc2ccc3nc[nH]c3c2)cc1. The molecule has 0 spiro atoms. The van der Waals surface area contributed by atoms with E-state index in [9.17, 15) is 4.79 Å². The molecule has 0 aliphatic rings. The van der Waals surface area contributed by atoms with Gasteiger partial charge in [0.1, 0.15) is 17.2 Å². The van der Waals surface area contributed by atoms with Gasteiger partial charge < -0.3 is 19.2 Å². The molecule has 0 saturated carbocycles. The van der Waals surface area contributed by atoms with E-state index in [0.717, 1.165) is 16.8 Å². The maximum Gasteiger partial charge on any atom is 0.349 e. The van der Waals surface area contributed by atoms with Crippen LogP contribution < -0.4 is 14.2 Å². The number of carbonyl (C=O) groups excluding carboxylic acids is 1. The number of hydrogen-bond acceptors (Lipinski definition) is 5. The third-order valence-corrected chi connectivity index (χ3v) is 3.11. The Morgan fingerprint density at radius 1 is 1.04 bits per heavy atom. The lowest BCUT2D eigenvalue weighted by Crippen LogP contribution is -2.17. The van der Waals surface area contributed by atoms with E-state index in [0.29, 0.717) is 18.1 Å². The zero-order valence-corrected chi connectivity index (χ0v) is 12.6. The second-order valence-corrected chi connectivity index (χ2v) is 4.75. The van der Waals surface area contributed by atoms with Crippen LogP contribution in [0.2, 0.25) is 0 Å². The summed E-state index contributed by atoms with van der Waals surface area (Å²) in [4.78, 5) is 18.9. The summed E-state index contributed by atoms with van der Waals surface area (Å²) in [6.45, 7) is 2.35. The Hall–Kier alpha value is -3.02. The van der Waals surface area contributed by atoms with Gasteiger partial charge in [-0.1, -0.05) is 0 Å². The van der Waals surface area contributed by atoms with Gasteiger partial charge in [0, 0.05) is 6.07 Å². The topological polar surface area (TPSA) is 73.4 Å². The average molecular weight is 312 g/mol. The summed E-state index contributed by atoms with van der Waals surface area (Å²) in [6, 6.07) is 12.3. The summed E-state index contributed by atoms with van der Waals surface area (Å²) in [6.07, 6.45) is 1.59. The maximum atomic E-state index is 11.8. The number of hydrogen-bond donors (Lipinski definition) is 1. The van der Waals surface area contributed by atoms with Crippen LogP contribution in [0.5, 0.6) is 17.2 Å². The minimum atomic E-state index is -0.474. The van der Waals surface area contributed by atoms with Crippen LogP contribution in [0.1, 0.15) is 6.92 Å². The highest BCUT2D eigenvalue weighted by Gasteiger charge is 2.08. The average Bonchev–Trinajstić information content (AvgIpc) is 3.02. The van der Waals surface area contributed by atoms with E-state index in [1.54, 1.807) is 48.8 Å². The van der Waals surface area contributed by atoms with Crippen LogP contribution in [0.3, 0.4) is 0 Å². The summed E-state index contributed by atoms with van der Waals surface area (Å²) in [5.74, 6) is 1.31. The van der Waals surface area contributed by atoms with E-state index < -0.39 is 5.97 Å². The zero-order chi connectivity index (χ0) is 16.1. The number of carbonyl (C=O) groups is 1. The standard InChI is InChI=1S/C17H16N2O4/c1-2-21-12-3-5-13(6-4-12)22-10-17(20)23-14-7-8-15-16(9-14)19-11-18-15/h3-9,11H,2,10H2,1H3,(H,18,19). The first kappa shape index (κ1) is 14.9. The molecular formula is C17H16N2O4. The molecule has 0 bridgehead atoms. The quantitative estimate of drug-likeness (QED) is 0.559. The Labute approximate surface area is 133 Å². The molecule has 3 rings (SSSR count). The normalized spacial score (nSPS) is 10.5. The van der Waals surface area contributed by atoms with Crippen molar-refractivity contribution in [1.82, 2.24) is 9.97 Å². The number of nitrogens with zero attached hydrogens (tertiary/aromatic N) is 1. The van der Waals surface area contributed by atoms with Gasteiger partial charge in [0.2, 0.25) is 0 Å². The highest BCUT2D eigenvalue weighted by molar-refractivity contribution is 5.79. The molecule has 23 heavy (non-hydrogen) atoms. The number of H-pyrrole nitrogens is 1. The molecule has 118 valence electrons. The molecule has 1 aromatic heterocycles. The monoisotopic (exact) mass is 312 g/mol. The van der Waals surface area contributed by atoms with Gasteiger partial charge in [-0.15, -0.1) is 0 Å². The summed E-state index contributed by atoms with van der Waals surface area (Å²) < 4.78 is 16.0. The molecule has 1 N–H and O–H groups in total. The Bertz CT molecular complexity index is 796. The van der Waals surface area contributed by atoms with Crippen LogP contribution >= 0.6 is 0 Å². The fraction of sp³-hybridized carbons (Fsp3) is 0.176. The minimum absolute atomic E-state index is 0.172. The van der Waals surface area contributed by atoms with Crippen LogP contribution in [0.25, 0.3) is 11.0 Å². The van der Waals surface area contributed by atoms with Gasteiger partial charge in [0.05, 0.1) is 24.0 Å². The molecule has 0 atom stereocenters. The second kappa shape index (κ2) is 6.83. The van der Waals surface area contributed by atoms with Crippen molar-refractivity contribution in [2.24, 2.45) is 0 Å². The van der Waals surface area contributed by atoms with Crippen molar-refractivity contribution in [1.29, 1.82) is 0 Å². The van der Waals surface area contributed by atoms with Crippen molar-refractivity contribution in [2.45, 2.75) is 6.92 Å². The predicted molar refractivity (Wildman–Crippen MR) is 84.8 cm³/mol. The van der Waals surface area contributed by atoms with E-state index in [4.69, 9.17) is 14.2 Å². The van der Waals surface area contributed by atoms with Crippen molar-refractivity contribution in [3.63, 3.8) is 0 Å². The van der Waals surface area contributed by atoms with Gasteiger partial charge in [-0.3, -0.25) is 0 Å². The fourth-order valence-electron chi connectivity index (χ4n) is 2.08. The summed E-state index contributed by atoms with van der Waals surface area (Å²) in [5.41, 5.74) is 1.62. The molecule has 3 aromatic rings. The molecule has 0 unspecified atom stereocenters. The van der Waals surface area contributed by atoms with Crippen LogP contribution in [0.4, 0.5) is 0 Å². The van der Waals surface area contributed by atoms with Crippen molar-refractivity contribution >= 4 is 17.0 Å². The van der Waals surface area contributed by atoms with Crippen LogP contribution in [-0.4, -0.2) is 29.2 Å². The summed E-state index contributed by atoms with van der Waals surface area (Å²) in [7, 11) is 0. The molecule has 0 aliphatic heterocycles. The van der Waals surface area contributed by atoms with Crippen LogP contribution in [0, 0.1) is 0 Å². The lowest BCUT2D eigenvalue weighted by atomic mass is 10.3. The minimum Gasteiger partial charge on any atom is -0.494 e. The van der Waals surface area contributed by atoms with Gasteiger partial charge in [0.25, 0.3) is 0 Å². The molecule has 2 aromatic carbocycles. The number of ether oxygens (including phenoxy) is 3. The lowest BCUT2D eigenvalue weighted by molar-refractivity contribution is -0.136. The molecule has 0 aliphatic carbocycles. The Morgan fingerprint density at radius 2 is 1.74 bits per heavy atom. The van der Waals surface area contributed by atoms with Gasteiger partial charge in [0.15, 0.2) is 6.61 Å². The molecule has 0 radical (unpaired) electrons. The van der Waals surface area contributed by atoms with E-state index in [1.807, 2.05) is 6.92 Å². The Balaban J connectivity index is 1.54. The number of rotatable bonds is 6. The first-order valence-electron chi connectivity index (χ1n) is 7.24. The van der Waals surface area contributed by atoms with Crippen molar-refractivity contribution < 1.29 is 19.0 Å². The highest BCUT2D eigenvalue weighted by atomic mass is 16.6. The fourth-order valence-corrected chi connectivity index (χ4v) is 2.08. The number of esters is 1. The van der Waals surface area contributed by atoms with Gasteiger partial charge in [-0.05, 0) is 43.3 Å². The molecule has 0 saturated heterocycles. The van der Waals surface area contributed by atoms with Gasteiger partial charge >= 0.3 is 5.97 Å². The summed E-state index contributed by atoms with van der Waals surface area (Å²) in [5, 5.41) is 0. The number of fused-ring (bicyclic) bond motifs is 1. The van der Waals surface area contributed by atoms with E-state index in [1.165, 1.54) is 0 Å². The molecular weight excluding hydrogens is 296 g/mol. The third-order valence-electron chi connectivity index (χ3n) is 3.11. The predicted octanol–water partition coefficient (Wildman–Crippen LogP) is 2.95. The molecule has 1 heterocycles. The largest absolute Gasteiger partial charge is 0.494 e. The van der Waals surface area contributed by atoms with Gasteiger partial charge in [-0.2, -0.15) is 0 Å². The van der Waals surface area contributed by atoms with Crippen LogP contribution in [-0.2, 0) is 4.79 Å². The third kappa shape index (κ3) is 3.79. The number of aromatic nitrogens is 2. The highest BCUT2D eigenvalue weighted by Crippen LogP contribution is 2.19. The Morgan fingerprint density at radius 3 is 2.48 bits per heavy atom. The number of benzene rings is 2. The Kier molecular flexibility index (Phi) is 4.42. The first-order chi connectivity index (χ1) is 11.2. The first-order valence-corrected chi connectivity index (χ1v) is 7.24. The number of imidazole rings is 1. The van der Waals surface area contributed by atoms with E-state index >= 15 is 0 Å². The zero-order valence-electron chi connectivity index (χ0n) is 12.6. The molecule has 0 fully saturated rings. The van der Waals surface area contributed by atoms with E-state index in [-0.39, 0.29) is 6.61 Å². The van der Waals surface area contributed by atoms with E-state index in [2.05, 4.69) is 9.97 Å². The molecule has 0 amide bonds. The lowest BCUT2D eigenvalue weighted by Gasteiger charge is -2.08. The van der Waals surface area contributed by atoms with Crippen LogP contribution in [0.15, 0.2) is 48.8 Å². The maximum absolute atomic E-state index is 11.8. The molecule has 6 heteroatoms. The number of aromatic amines is 1. The van der Waals surface area contributed by atoms with Gasteiger partial charge in [-0.25, -0.2) is 9.78 Å². The van der Waals surface area contributed by atoms with Crippen molar-refractivity contribution in [3.8, 4) is 17.2 Å². The second-order valence-electron chi connectivity index (χ2n) is 4.75. The smallest absolute Gasteiger partial charge is 0.349 e. The van der Waals surface area contributed by atoms with Crippen molar-refractivity contribution in [3.05, 3.63) is 48.8 Å². The molecule has 6 nitrogen and oxygen atoms in total. The van der Waals surface area contributed by atoms with Crippen molar-refractivity contribution in [2.75, 3.05) is 13.2 Å². The summed E-state index contributed by atoms with van der Waals surface area (Å²) >= 11 is 0.